The molecule has 14 heavy (non-hydrogen) atoms. The van der Waals surface area contributed by atoms with E-state index >= 15 is 0 Å². The Kier molecular flexibility index (Phi) is 2.81. The van der Waals surface area contributed by atoms with Crippen molar-refractivity contribution in [2.24, 2.45) is 0 Å². The Labute approximate surface area is 79.4 Å². The summed E-state index contributed by atoms with van der Waals surface area (Å²) in [6.07, 6.45) is 0.283. The molecule has 1 rings (SSSR count). The van der Waals surface area contributed by atoms with Crippen LogP contribution in [-0.2, 0) is 0 Å². The first kappa shape index (κ1) is 10.2. The number of aromatic hydroxyl groups is 1. The summed E-state index contributed by atoms with van der Waals surface area (Å²) in [6.45, 7) is 0. The summed E-state index contributed by atoms with van der Waals surface area (Å²) in [5.74, 6) is -2.26. The largest absolute Gasteiger partial charge is 0.504 e. The molecule has 0 aliphatic heterocycles. The highest BCUT2D eigenvalue weighted by Gasteiger charge is 2.12. The molecule has 0 saturated carbocycles. The van der Waals surface area contributed by atoms with Crippen molar-refractivity contribution in [3.8, 4) is 5.75 Å². The van der Waals surface area contributed by atoms with E-state index in [1.165, 1.54) is 7.05 Å². The second-order valence-corrected chi connectivity index (χ2v) is 2.59. The zero-order valence-electron chi connectivity index (χ0n) is 7.37. The maximum atomic E-state index is 12.9. The number of phenolic OH excluding ortho intramolecular Hbond substituents is 1. The summed E-state index contributed by atoms with van der Waals surface area (Å²) in [5, 5.41) is 11.3. The minimum atomic E-state index is -0.992. The van der Waals surface area contributed by atoms with Crippen molar-refractivity contribution in [1.29, 1.82) is 0 Å². The van der Waals surface area contributed by atoms with Gasteiger partial charge in [0.05, 0.1) is 5.56 Å². The third-order valence-electron chi connectivity index (χ3n) is 1.71. The molecule has 4 nitrogen and oxygen atoms in total. The van der Waals surface area contributed by atoms with E-state index in [9.17, 15) is 14.0 Å². The molecular weight excluding hydrogens is 189 g/mol. The number of phenols is 1. The lowest BCUT2D eigenvalue weighted by Gasteiger charge is -2.03. The van der Waals surface area contributed by atoms with Crippen LogP contribution in [-0.4, -0.2) is 24.3 Å². The molecule has 0 bridgehead atoms. The van der Waals surface area contributed by atoms with Gasteiger partial charge in [0.1, 0.15) is 0 Å². The first-order chi connectivity index (χ1) is 6.60. The minimum absolute atomic E-state index is 0.00935. The topological polar surface area (TPSA) is 66.4 Å². The average molecular weight is 197 g/mol. The Morgan fingerprint density at radius 3 is 2.71 bits per heavy atom. The summed E-state index contributed by atoms with van der Waals surface area (Å²) in [5.41, 5.74) is -0.256. The molecule has 5 heteroatoms. The molecule has 0 aliphatic carbocycles. The average Bonchev–Trinajstić information content (AvgIpc) is 2.20. The van der Waals surface area contributed by atoms with Crippen molar-refractivity contribution in [3.63, 3.8) is 0 Å². The molecular formula is C9H8FNO3. The van der Waals surface area contributed by atoms with Gasteiger partial charge in [-0.05, 0) is 12.1 Å². The quantitative estimate of drug-likeness (QED) is 0.686. The van der Waals surface area contributed by atoms with Gasteiger partial charge in [-0.2, -0.15) is 0 Å². The molecule has 0 unspecified atom stereocenters. The predicted octanol–water partition coefficient (Wildman–Crippen LogP) is 0.703. The highest BCUT2D eigenvalue weighted by Crippen LogP contribution is 2.21. The molecule has 1 aromatic rings. The van der Waals surface area contributed by atoms with Gasteiger partial charge >= 0.3 is 0 Å². The summed E-state index contributed by atoms with van der Waals surface area (Å²) in [6, 6.07) is 1.98. The Balaban J connectivity index is 3.29. The zero-order chi connectivity index (χ0) is 10.7. The van der Waals surface area contributed by atoms with Gasteiger partial charge in [0.25, 0.3) is 5.91 Å². The van der Waals surface area contributed by atoms with E-state index in [1.807, 2.05) is 0 Å². The SMILES string of the molecule is CNC(=O)c1cc(F)c(O)c(C=O)c1. The summed E-state index contributed by atoms with van der Waals surface area (Å²) in [4.78, 5) is 21.5. The van der Waals surface area contributed by atoms with Crippen molar-refractivity contribution in [1.82, 2.24) is 5.32 Å². The normalized spacial score (nSPS) is 9.57. The molecule has 1 amide bonds. The van der Waals surface area contributed by atoms with Crippen LogP contribution in [0.2, 0.25) is 0 Å². The Hall–Kier alpha value is -1.91. The van der Waals surface area contributed by atoms with Gasteiger partial charge in [-0.3, -0.25) is 9.59 Å². The molecule has 0 saturated heterocycles. The molecule has 0 atom stereocenters. The third-order valence-corrected chi connectivity index (χ3v) is 1.71. The van der Waals surface area contributed by atoms with Crippen molar-refractivity contribution >= 4 is 12.2 Å². The van der Waals surface area contributed by atoms with Crippen LogP contribution < -0.4 is 5.32 Å². The number of hydrogen-bond donors (Lipinski definition) is 2. The third kappa shape index (κ3) is 1.71. The van der Waals surface area contributed by atoms with E-state index in [2.05, 4.69) is 5.32 Å². The van der Waals surface area contributed by atoms with E-state index in [4.69, 9.17) is 5.11 Å². The molecule has 2 N–H and O–H groups in total. The number of rotatable bonds is 2. The predicted molar refractivity (Wildman–Crippen MR) is 46.8 cm³/mol. The highest BCUT2D eigenvalue weighted by molar-refractivity contribution is 5.96. The molecule has 0 fully saturated rings. The van der Waals surface area contributed by atoms with E-state index in [1.54, 1.807) is 0 Å². The number of amides is 1. The van der Waals surface area contributed by atoms with Crippen molar-refractivity contribution in [2.45, 2.75) is 0 Å². The van der Waals surface area contributed by atoms with Gasteiger partial charge in [-0.1, -0.05) is 0 Å². The van der Waals surface area contributed by atoms with E-state index in [0.717, 1.165) is 12.1 Å². The minimum Gasteiger partial charge on any atom is -0.504 e. The van der Waals surface area contributed by atoms with Crippen LogP contribution in [0, 0.1) is 5.82 Å². The van der Waals surface area contributed by atoms with Crippen molar-refractivity contribution in [2.75, 3.05) is 7.05 Å². The molecule has 0 aromatic heterocycles. The molecule has 0 heterocycles. The fraction of sp³-hybridized carbons (Fsp3) is 0.111. The number of aldehydes is 1. The van der Waals surface area contributed by atoms with E-state index in [-0.39, 0.29) is 17.4 Å². The number of hydrogen-bond acceptors (Lipinski definition) is 3. The highest BCUT2D eigenvalue weighted by atomic mass is 19.1. The molecule has 1 aromatic carbocycles. The first-order valence-electron chi connectivity index (χ1n) is 3.80. The lowest BCUT2D eigenvalue weighted by atomic mass is 10.1. The number of carbonyl (C=O) groups excluding carboxylic acids is 2. The van der Waals surface area contributed by atoms with Crippen LogP contribution in [0.15, 0.2) is 12.1 Å². The van der Waals surface area contributed by atoms with Crippen LogP contribution >= 0.6 is 0 Å². The summed E-state index contributed by atoms with van der Waals surface area (Å²) < 4.78 is 12.9. The van der Waals surface area contributed by atoms with E-state index in [0.29, 0.717) is 0 Å². The fourth-order valence-corrected chi connectivity index (χ4v) is 0.986. The van der Waals surface area contributed by atoms with Gasteiger partial charge in [-0.15, -0.1) is 0 Å². The van der Waals surface area contributed by atoms with Crippen LogP contribution in [0.4, 0.5) is 4.39 Å². The Bertz CT molecular complexity index is 390. The van der Waals surface area contributed by atoms with Crippen LogP contribution in [0.1, 0.15) is 20.7 Å². The number of nitrogens with one attached hydrogen (secondary N) is 1. The second kappa shape index (κ2) is 3.87. The lowest BCUT2D eigenvalue weighted by molar-refractivity contribution is 0.0962. The maximum absolute atomic E-state index is 12.9. The van der Waals surface area contributed by atoms with Crippen molar-refractivity contribution < 1.29 is 19.1 Å². The number of halogens is 1. The fourth-order valence-electron chi connectivity index (χ4n) is 0.986. The zero-order valence-corrected chi connectivity index (χ0v) is 7.37. The second-order valence-electron chi connectivity index (χ2n) is 2.59. The summed E-state index contributed by atoms with van der Waals surface area (Å²) in [7, 11) is 1.38. The summed E-state index contributed by atoms with van der Waals surface area (Å²) >= 11 is 0. The number of carbonyl (C=O) groups is 2. The Morgan fingerprint density at radius 1 is 1.57 bits per heavy atom. The van der Waals surface area contributed by atoms with Gasteiger partial charge in [0.2, 0.25) is 0 Å². The monoisotopic (exact) mass is 197 g/mol. The van der Waals surface area contributed by atoms with Gasteiger partial charge in [-0.25, -0.2) is 4.39 Å². The standard InChI is InChI=1S/C9H8FNO3/c1-11-9(14)5-2-6(4-12)8(13)7(10)3-5/h2-4,13H,1H3,(H,11,14). The maximum Gasteiger partial charge on any atom is 0.251 e. The van der Waals surface area contributed by atoms with Crippen LogP contribution in [0.25, 0.3) is 0 Å². The smallest absolute Gasteiger partial charge is 0.251 e. The molecule has 0 radical (unpaired) electrons. The number of benzene rings is 1. The Morgan fingerprint density at radius 2 is 2.21 bits per heavy atom. The van der Waals surface area contributed by atoms with Gasteiger partial charge in [0.15, 0.2) is 17.9 Å². The molecule has 0 spiro atoms. The van der Waals surface area contributed by atoms with Crippen LogP contribution in [0.5, 0.6) is 5.75 Å². The van der Waals surface area contributed by atoms with E-state index < -0.39 is 17.5 Å². The van der Waals surface area contributed by atoms with Crippen molar-refractivity contribution in [3.05, 3.63) is 29.1 Å². The van der Waals surface area contributed by atoms with Gasteiger partial charge < -0.3 is 10.4 Å². The lowest BCUT2D eigenvalue weighted by Crippen LogP contribution is -2.18. The van der Waals surface area contributed by atoms with Crippen LogP contribution in [0.3, 0.4) is 0 Å². The molecule has 0 aliphatic rings. The van der Waals surface area contributed by atoms with Gasteiger partial charge in [0, 0.05) is 12.6 Å². The molecule has 74 valence electrons. The first-order valence-corrected chi connectivity index (χ1v) is 3.80.